The topological polar surface area (TPSA) is 57.9 Å². The van der Waals surface area contributed by atoms with E-state index in [1.165, 1.54) is 23.5 Å². The first-order chi connectivity index (χ1) is 12.7. The van der Waals surface area contributed by atoms with Gasteiger partial charge in [0.1, 0.15) is 28.2 Å². The summed E-state index contributed by atoms with van der Waals surface area (Å²) >= 11 is 1.36. The van der Waals surface area contributed by atoms with Crippen molar-refractivity contribution in [2.75, 3.05) is 11.9 Å². The minimum absolute atomic E-state index is 0.293. The van der Waals surface area contributed by atoms with Gasteiger partial charge in [-0.25, -0.2) is 9.37 Å². The molecule has 0 fully saturated rings. The Balaban J connectivity index is 1.82. The molecular formula is C20H16FN3OS. The number of nitrogens with zero attached hydrogens (tertiary/aromatic N) is 2. The van der Waals surface area contributed by atoms with E-state index in [1.807, 2.05) is 36.6 Å². The van der Waals surface area contributed by atoms with Crippen LogP contribution in [0.5, 0.6) is 5.75 Å². The number of ether oxygens (including phenoxy) is 1. The van der Waals surface area contributed by atoms with Gasteiger partial charge < -0.3 is 10.1 Å². The molecule has 1 heterocycles. The van der Waals surface area contributed by atoms with Crippen molar-refractivity contribution >= 4 is 22.6 Å². The zero-order valence-electron chi connectivity index (χ0n) is 14.1. The summed E-state index contributed by atoms with van der Waals surface area (Å²) < 4.78 is 18.6. The van der Waals surface area contributed by atoms with Crippen molar-refractivity contribution in [2.24, 2.45) is 0 Å². The largest absolute Gasteiger partial charge is 0.492 e. The average Bonchev–Trinajstić information content (AvgIpc) is 3.14. The summed E-state index contributed by atoms with van der Waals surface area (Å²) in [5, 5.41) is 15.0. The Kier molecular flexibility index (Phi) is 5.62. The molecule has 0 saturated heterocycles. The predicted molar refractivity (Wildman–Crippen MR) is 102 cm³/mol. The smallest absolute Gasteiger partial charge is 0.142 e. The molecule has 0 aliphatic rings. The van der Waals surface area contributed by atoms with Gasteiger partial charge in [0.05, 0.1) is 18.0 Å². The maximum atomic E-state index is 13.1. The summed E-state index contributed by atoms with van der Waals surface area (Å²) in [6.45, 7) is 2.47. The first-order valence-corrected chi connectivity index (χ1v) is 8.89. The minimum atomic E-state index is -0.293. The zero-order chi connectivity index (χ0) is 18.4. The third-order valence-electron chi connectivity index (χ3n) is 3.55. The molecule has 0 saturated carbocycles. The van der Waals surface area contributed by atoms with Gasteiger partial charge in [0.25, 0.3) is 0 Å². The highest BCUT2D eigenvalue weighted by Gasteiger charge is 2.10. The Bertz CT molecular complexity index is 958. The third kappa shape index (κ3) is 4.08. The van der Waals surface area contributed by atoms with Gasteiger partial charge in [-0.1, -0.05) is 12.1 Å². The van der Waals surface area contributed by atoms with Crippen molar-refractivity contribution in [2.45, 2.75) is 6.92 Å². The number of hydrogen-bond acceptors (Lipinski definition) is 5. The highest BCUT2D eigenvalue weighted by atomic mass is 32.1. The van der Waals surface area contributed by atoms with Gasteiger partial charge in [0.15, 0.2) is 0 Å². The van der Waals surface area contributed by atoms with Crippen LogP contribution in [0.1, 0.15) is 11.9 Å². The minimum Gasteiger partial charge on any atom is -0.492 e. The molecule has 0 unspecified atom stereocenters. The lowest BCUT2D eigenvalue weighted by Gasteiger charge is -2.09. The molecule has 0 atom stereocenters. The fourth-order valence-electron chi connectivity index (χ4n) is 2.31. The van der Waals surface area contributed by atoms with Crippen LogP contribution in [-0.4, -0.2) is 11.6 Å². The number of nitrogens with one attached hydrogen (secondary N) is 1. The molecular weight excluding hydrogens is 349 g/mol. The molecule has 0 aliphatic carbocycles. The molecule has 4 nitrogen and oxygen atoms in total. The normalized spacial score (nSPS) is 11.0. The maximum Gasteiger partial charge on any atom is 0.142 e. The second kappa shape index (κ2) is 8.28. The molecule has 0 aliphatic heterocycles. The number of para-hydroxylation sites is 2. The van der Waals surface area contributed by atoms with Gasteiger partial charge in [-0.2, -0.15) is 5.26 Å². The van der Waals surface area contributed by atoms with Gasteiger partial charge >= 0.3 is 0 Å². The zero-order valence-corrected chi connectivity index (χ0v) is 14.9. The van der Waals surface area contributed by atoms with Gasteiger partial charge in [0.2, 0.25) is 0 Å². The Labute approximate surface area is 155 Å². The Morgan fingerprint density at radius 2 is 2.04 bits per heavy atom. The summed E-state index contributed by atoms with van der Waals surface area (Å²) in [4.78, 5) is 4.49. The van der Waals surface area contributed by atoms with E-state index in [0.717, 1.165) is 17.0 Å². The predicted octanol–water partition coefficient (Wildman–Crippen LogP) is 5.32. The standard InChI is InChI=1S/C20H16FN3OS/c1-2-25-19-6-4-3-5-17(19)23-12-15(11-22)20-24-18(13-26-20)14-7-9-16(21)10-8-14/h3-10,12-13,23H,2H2,1H3. The van der Waals surface area contributed by atoms with E-state index in [4.69, 9.17) is 4.74 Å². The summed E-state index contributed by atoms with van der Waals surface area (Å²) in [6, 6.07) is 15.8. The van der Waals surface area contributed by atoms with Gasteiger partial charge in [-0.15, -0.1) is 11.3 Å². The van der Waals surface area contributed by atoms with Crippen LogP contribution in [0.15, 0.2) is 60.1 Å². The van der Waals surface area contributed by atoms with Crippen LogP contribution in [0, 0.1) is 17.1 Å². The number of rotatable bonds is 6. The van der Waals surface area contributed by atoms with E-state index in [2.05, 4.69) is 16.4 Å². The lowest BCUT2D eigenvalue weighted by Crippen LogP contribution is -1.97. The first-order valence-electron chi connectivity index (χ1n) is 8.01. The molecule has 0 spiro atoms. The molecule has 3 aromatic rings. The number of benzene rings is 2. The molecule has 2 aromatic carbocycles. The van der Waals surface area contributed by atoms with E-state index >= 15 is 0 Å². The van der Waals surface area contributed by atoms with Crippen molar-refractivity contribution in [3.63, 3.8) is 0 Å². The number of hydrogen-bond donors (Lipinski definition) is 1. The fourth-order valence-corrected chi connectivity index (χ4v) is 3.10. The van der Waals surface area contributed by atoms with E-state index in [0.29, 0.717) is 22.9 Å². The molecule has 3 rings (SSSR count). The number of nitriles is 1. The number of aromatic nitrogens is 1. The molecule has 26 heavy (non-hydrogen) atoms. The molecule has 0 amide bonds. The SMILES string of the molecule is CCOc1ccccc1NC=C(C#N)c1nc(-c2ccc(F)cc2)cs1. The molecule has 0 bridgehead atoms. The summed E-state index contributed by atoms with van der Waals surface area (Å²) in [7, 11) is 0. The maximum absolute atomic E-state index is 13.1. The van der Waals surface area contributed by atoms with E-state index < -0.39 is 0 Å². The molecule has 130 valence electrons. The van der Waals surface area contributed by atoms with Crippen LogP contribution in [-0.2, 0) is 0 Å². The van der Waals surface area contributed by atoms with Crippen LogP contribution in [0.2, 0.25) is 0 Å². The van der Waals surface area contributed by atoms with Crippen molar-refractivity contribution in [3.8, 4) is 23.1 Å². The fraction of sp³-hybridized carbons (Fsp3) is 0.100. The van der Waals surface area contributed by atoms with E-state index in [-0.39, 0.29) is 5.82 Å². The number of anilines is 1. The summed E-state index contributed by atoms with van der Waals surface area (Å²) in [5.41, 5.74) is 2.70. The Morgan fingerprint density at radius 3 is 2.77 bits per heavy atom. The van der Waals surface area contributed by atoms with Crippen LogP contribution in [0.3, 0.4) is 0 Å². The molecule has 1 aromatic heterocycles. The van der Waals surface area contributed by atoms with Crippen LogP contribution < -0.4 is 10.1 Å². The van der Waals surface area contributed by atoms with Crippen LogP contribution >= 0.6 is 11.3 Å². The lowest BCUT2D eigenvalue weighted by molar-refractivity contribution is 0.342. The van der Waals surface area contributed by atoms with Gasteiger partial charge in [-0.3, -0.25) is 0 Å². The van der Waals surface area contributed by atoms with Crippen LogP contribution in [0.25, 0.3) is 16.8 Å². The summed E-state index contributed by atoms with van der Waals surface area (Å²) in [5.74, 6) is 0.425. The highest BCUT2D eigenvalue weighted by Crippen LogP contribution is 2.28. The molecule has 6 heteroatoms. The van der Waals surface area contributed by atoms with E-state index in [1.54, 1.807) is 18.3 Å². The first kappa shape index (κ1) is 17.6. The second-order valence-corrected chi connectivity index (χ2v) is 6.15. The van der Waals surface area contributed by atoms with Crippen LogP contribution in [0.4, 0.5) is 10.1 Å². The Morgan fingerprint density at radius 1 is 1.27 bits per heavy atom. The molecule has 1 N–H and O–H groups in total. The lowest BCUT2D eigenvalue weighted by atomic mass is 10.2. The number of thiazole rings is 1. The molecule has 0 radical (unpaired) electrons. The Hall–Kier alpha value is -3.17. The highest BCUT2D eigenvalue weighted by molar-refractivity contribution is 7.11. The quantitative estimate of drug-likeness (QED) is 0.600. The monoisotopic (exact) mass is 365 g/mol. The van der Waals surface area contributed by atoms with Crippen molar-refractivity contribution in [1.29, 1.82) is 5.26 Å². The average molecular weight is 365 g/mol. The van der Waals surface area contributed by atoms with E-state index in [9.17, 15) is 9.65 Å². The summed E-state index contributed by atoms with van der Waals surface area (Å²) in [6.07, 6.45) is 1.62. The van der Waals surface area contributed by atoms with Crippen molar-refractivity contribution in [3.05, 3.63) is 70.9 Å². The van der Waals surface area contributed by atoms with Crippen molar-refractivity contribution < 1.29 is 9.13 Å². The number of halogens is 1. The number of allylic oxidation sites excluding steroid dienone is 1. The van der Waals surface area contributed by atoms with Crippen molar-refractivity contribution in [1.82, 2.24) is 4.98 Å². The third-order valence-corrected chi connectivity index (χ3v) is 4.43. The van der Waals surface area contributed by atoms with Gasteiger partial charge in [-0.05, 0) is 43.3 Å². The second-order valence-electron chi connectivity index (χ2n) is 5.29. The van der Waals surface area contributed by atoms with Gasteiger partial charge in [0, 0.05) is 17.1 Å².